The van der Waals surface area contributed by atoms with Crippen LogP contribution in [0.5, 0.6) is 0 Å². The van der Waals surface area contributed by atoms with Crippen LogP contribution in [0.2, 0.25) is 5.02 Å². The molecule has 0 aliphatic heterocycles. The van der Waals surface area contributed by atoms with Crippen LogP contribution < -0.4 is 10.6 Å². The number of halogens is 2. The van der Waals surface area contributed by atoms with Crippen LogP contribution in [0, 0.1) is 0 Å². The van der Waals surface area contributed by atoms with Gasteiger partial charge in [-0.15, -0.1) is 0 Å². The van der Waals surface area contributed by atoms with E-state index in [2.05, 4.69) is 11.6 Å². The number of hydrogen-bond acceptors (Lipinski definition) is 1. The molecule has 1 heterocycles. The molecule has 0 aliphatic rings. The third-order valence-corrected chi connectivity index (χ3v) is 1.95. The third-order valence-electron chi connectivity index (χ3n) is 1.50. The summed E-state index contributed by atoms with van der Waals surface area (Å²) in [5, 5.41) is 2.79. The Hall–Kier alpha value is -0.790. The number of pyridine rings is 1. The molecule has 1 aromatic rings. The minimum atomic E-state index is 0.633. The highest BCUT2D eigenvalue weighted by molar-refractivity contribution is 6.31. The predicted octanol–water partition coefficient (Wildman–Crippen LogP) is 2.07. The lowest BCUT2D eigenvalue weighted by Crippen LogP contribution is -2.26. The number of rotatable bonds is 1. The molecule has 0 saturated heterocycles. The molecule has 0 aromatic carbocycles. The van der Waals surface area contributed by atoms with Crippen LogP contribution in [0.15, 0.2) is 23.4 Å². The largest absolute Gasteiger partial charge is 0.257 e. The zero-order valence-electron chi connectivity index (χ0n) is 7.22. The Morgan fingerprint density at radius 3 is 2.85 bits per heavy atom. The second-order valence-electron chi connectivity index (χ2n) is 2.57. The number of hydrogen-bond donors (Lipinski definition) is 0. The zero-order valence-corrected chi connectivity index (χ0v) is 8.73. The molecule has 1 nitrogen and oxygen atoms in total. The molecule has 0 radical (unpaired) electrons. The molecule has 1 aromatic heterocycles. The van der Waals surface area contributed by atoms with E-state index in [9.17, 15) is 0 Å². The smallest absolute Gasteiger partial charge is 0.0645 e. The van der Waals surface area contributed by atoms with Crippen LogP contribution in [0.25, 0.3) is 12.7 Å². The van der Waals surface area contributed by atoms with Gasteiger partial charge in [-0.1, -0.05) is 35.9 Å². The molecule has 68 valence electrons. The van der Waals surface area contributed by atoms with Crippen molar-refractivity contribution in [2.24, 2.45) is 0 Å². The zero-order chi connectivity index (χ0) is 9.84. The molecular formula is C10H9Cl2N. The van der Waals surface area contributed by atoms with Crippen LogP contribution in [-0.4, -0.2) is 4.98 Å². The molecule has 0 N–H and O–H groups in total. The summed E-state index contributed by atoms with van der Waals surface area (Å²) in [5.74, 6) is 0. The summed E-state index contributed by atoms with van der Waals surface area (Å²) in [5.41, 5.74) is 0. The van der Waals surface area contributed by atoms with Crippen molar-refractivity contribution >= 4 is 35.9 Å². The summed E-state index contributed by atoms with van der Waals surface area (Å²) in [4.78, 5) is 4.02. The van der Waals surface area contributed by atoms with Gasteiger partial charge in [0.2, 0.25) is 0 Å². The Kier molecular flexibility index (Phi) is 3.52. The Morgan fingerprint density at radius 1 is 1.62 bits per heavy atom. The van der Waals surface area contributed by atoms with E-state index >= 15 is 0 Å². The van der Waals surface area contributed by atoms with Gasteiger partial charge < -0.3 is 0 Å². The second-order valence-corrected chi connectivity index (χ2v) is 3.58. The lowest BCUT2D eigenvalue weighted by molar-refractivity contribution is 1.23. The Bertz CT molecular complexity index is 431. The van der Waals surface area contributed by atoms with Crippen molar-refractivity contribution in [2.45, 2.75) is 6.92 Å². The van der Waals surface area contributed by atoms with Crippen LogP contribution in [-0.2, 0) is 0 Å². The normalized spacial score (nSPS) is 13.5. The average molecular weight is 214 g/mol. The molecule has 0 fully saturated rings. The third kappa shape index (κ3) is 2.87. The van der Waals surface area contributed by atoms with E-state index in [1.54, 1.807) is 31.3 Å². The first-order chi connectivity index (χ1) is 6.11. The van der Waals surface area contributed by atoms with Crippen LogP contribution in [0.4, 0.5) is 0 Å². The van der Waals surface area contributed by atoms with E-state index in [0.29, 0.717) is 15.4 Å². The molecule has 0 saturated carbocycles. The van der Waals surface area contributed by atoms with Gasteiger partial charge in [0, 0.05) is 16.4 Å². The Balaban J connectivity index is 3.37. The van der Waals surface area contributed by atoms with Gasteiger partial charge in [0.25, 0.3) is 0 Å². The van der Waals surface area contributed by atoms with Crippen molar-refractivity contribution in [1.82, 2.24) is 4.98 Å². The van der Waals surface area contributed by atoms with Gasteiger partial charge in [0.05, 0.1) is 10.4 Å². The molecule has 0 bridgehead atoms. The maximum absolute atomic E-state index is 5.93. The summed E-state index contributed by atoms with van der Waals surface area (Å²) in [6.07, 6.45) is 5.19. The van der Waals surface area contributed by atoms with Gasteiger partial charge in [0.1, 0.15) is 0 Å². The van der Waals surface area contributed by atoms with E-state index in [1.807, 2.05) is 0 Å². The summed E-state index contributed by atoms with van der Waals surface area (Å²) in [6, 6.07) is 1.72. The van der Waals surface area contributed by atoms with Crippen molar-refractivity contribution in [3.63, 3.8) is 0 Å². The quantitative estimate of drug-likeness (QED) is 0.697. The second kappa shape index (κ2) is 4.45. The van der Waals surface area contributed by atoms with Gasteiger partial charge in [-0.05, 0) is 19.1 Å². The van der Waals surface area contributed by atoms with E-state index in [4.69, 9.17) is 23.2 Å². The van der Waals surface area contributed by atoms with Crippen LogP contribution in [0.1, 0.15) is 6.92 Å². The fourth-order valence-electron chi connectivity index (χ4n) is 0.864. The Morgan fingerprint density at radius 2 is 2.31 bits per heavy atom. The lowest BCUT2D eigenvalue weighted by atomic mass is 10.3. The highest BCUT2D eigenvalue weighted by atomic mass is 35.5. The molecule has 0 atom stereocenters. The van der Waals surface area contributed by atoms with Crippen molar-refractivity contribution in [3.05, 3.63) is 39.0 Å². The number of allylic oxidation sites excluding steroid dienone is 2. The molecule has 0 spiro atoms. The molecule has 0 amide bonds. The fraction of sp³-hybridized carbons (Fsp3) is 0.100. The number of aromatic nitrogens is 1. The Labute approximate surface area is 87.0 Å². The SMILES string of the molecule is C=c1nccc(Cl)/c1=C/C=C(\C)Cl. The van der Waals surface area contributed by atoms with Crippen molar-refractivity contribution in [1.29, 1.82) is 0 Å². The first kappa shape index (κ1) is 10.3. The van der Waals surface area contributed by atoms with Crippen molar-refractivity contribution in [3.8, 4) is 0 Å². The lowest BCUT2D eigenvalue weighted by Gasteiger charge is -1.90. The van der Waals surface area contributed by atoms with Crippen molar-refractivity contribution < 1.29 is 0 Å². The van der Waals surface area contributed by atoms with E-state index in [-0.39, 0.29) is 0 Å². The molecule has 0 unspecified atom stereocenters. The van der Waals surface area contributed by atoms with E-state index in [0.717, 1.165) is 5.22 Å². The van der Waals surface area contributed by atoms with Gasteiger partial charge in [-0.2, -0.15) is 0 Å². The van der Waals surface area contributed by atoms with E-state index < -0.39 is 0 Å². The number of nitrogens with zero attached hydrogens (tertiary/aromatic N) is 1. The summed E-state index contributed by atoms with van der Waals surface area (Å²) >= 11 is 11.6. The summed E-state index contributed by atoms with van der Waals surface area (Å²) in [6.45, 7) is 5.56. The highest BCUT2D eigenvalue weighted by Gasteiger charge is 1.90. The minimum Gasteiger partial charge on any atom is -0.257 e. The molecular weight excluding hydrogens is 205 g/mol. The maximum atomic E-state index is 5.93. The fourth-order valence-corrected chi connectivity index (χ4v) is 1.16. The van der Waals surface area contributed by atoms with Gasteiger partial charge in [-0.25, -0.2) is 0 Å². The van der Waals surface area contributed by atoms with Gasteiger partial charge >= 0.3 is 0 Å². The monoisotopic (exact) mass is 213 g/mol. The minimum absolute atomic E-state index is 0.633. The molecule has 13 heavy (non-hydrogen) atoms. The first-order valence-electron chi connectivity index (χ1n) is 3.75. The maximum Gasteiger partial charge on any atom is 0.0645 e. The molecule has 3 heteroatoms. The standard InChI is InChI=1S/C10H9Cl2N/c1-7(11)3-4-9-8(2)13-6-5-10(9)12/h3-6H,2H2,1H3/b7-3+,9-4+. The van der Waals surface area contributed by atoms with E-state index in [1.165, 1.54) is 0 Å². The summed E-state index contributed by atoms with van der Waals surface area (Å²) < 4.78 is 0. The topological polar surface area (TPSA) is 12.9 Å². The summed E-state index contributed by atoms with van der Waals surface area (Å²) in [7, 11) is 0. The molecule has 0 aliphatic carbocycles. The first-order valence-corrected chi connectivity index (χ1v) is 4.50. The van der Waals surface area contributed by atoms with Gasteiger partial charge in [0.15, 0.2) is 0 Å². The van der Waals surface area contributed by atoms with Crippen molar-refractivity contribution in [2.75, 3.05) is 0 Å². The van der Waals surface area contributed by atoms with Crippen LogP contribution in [0.3, 0.4) is 0 Å². The highest BCUT2D eigenvalue weighted by Crippen LogP contribution is 1.99. The molecule has 1 rings (SSSR count). The van der Waals surface area contributed by atoms with Crippen LogP contribution >= 0.6 is 23.2 Å². The predicted molar refractivity (Wildman–Crippen MR) is 58.1 cm³/mol. The van der Waals surface area contributed by atoms with Gasteiger partial charge in [-0.3, -0.25) is 4.98 Å². The average Bonchev–Trinajstić information content (AvgIpc) is 2.03.